The monoisotopic (exact) mass is 429 g/mol. The van der Waals surface area contributed by atoms with E-state index in [2.05, 4.69) is 42.9 Å². The van der Waals surface area contributed by atoms with Crippen LogP contribution in [0.25, 0.3) is 15.9 Å². The fraction of sp³-hybridized carbons (Fsp3) is 0.350. The Bertz CT molecular complexity index is 1270. The lowest BCUT2D eigenvalue weighted by molar-refractivity contribution is 0.592. The minimum absolute atomic E-state index is 0.115. The molecular weight excluding hydrogens is 406 g/mol. The highest BCUT2D eigenvalue weighted by molar-refractivity contribution is 7.91. The Balaban J connectivity index is 1.93. The first-order valence-corrected chi connectivity index (χ1v) is 12.0. The van der Waals surface area contributed by atoms with Crippen molar-refractivity contribution in [1.82, 2.24) is 19.8 Å². The van der Waals surface area contributed by atoms with Crippen LogP contribution in [0.15, 0.2) is 45.6 Å². The normalized spacial score (nSPS) is 12.3. The van der Waals surface area contributed by atoms with E-state index in [9.17, 15) is 8.42 Å². The van der Waals surface area contributed by atoms with Gasteiger partial charge in [0.25, 0.3) is 0 Å². The summed E-state index contributed by atoms with van der Waals surface area (Å²) in [5.41, 5.74) is 2.15. The Morgan fingerprint density at radius 3 is 2.41 bits per heavy atom. The number of fused-ring (bicyclic) bond motifs is 3. The molecule has 3 aromatic heterocycles. The van der Waals surface area contributed by atoms with E-state index in [4.69, 9.17) is 4.98 Å². The highest BCUT2D eigenvalue weighted by Gasteiger charge is 2.28. The molecule has 0 fully saturated rings. The first-order valence-electron chi connectivity index (χ1n) is 9.61. The van der Waals surface area contributed by atoms with Crippen LogP contribution in [0.4, 0.5) is 5.82 Å². The van der Waals surface area contributed by atoms with Crippen molar-refractivity contribution in [2.45, 2.75) is 43.5 Å². The summed E-state index contributed by atoms with van der Waals surface area (Å²) in [7, 11) is -3.84. The molecule has 0 N–H and O–H groups in total. The number of sulfone groups is 1. The van der Waals surface area contributed by atoms with E-state index >= 15 is 0 Å². The van der Waals surface area contributed by atoms with E-state index < -0.39 is 9.84 Å². The van der Waals surface area contributed by atoms with Crippen molar-refractivity contribution in [3.05, 3.63) is 41.3 Å². The van der Waals surface area contributed by atoms with Crippen LogP contribution in [0.3, 0.4) is 0 Å². The fourth-order valence-electron chi connectivity index (χ4n) is 3.36. The number of thiophene rings is 1. The minimum Gasteiger partial charge on any atom is -0.356 e. The zero-order chi connectivity index (χ0) is 20.8. The van der Waals surface area contributed by atoms with Crippen LogP contribution in [-0.2, 0) is 9.84 Å². The Morgan fingerprint density at radius 1 is 1.10 bits per heavy atom. The quantitative estimate of drug-likeness (QED) is 0.458. The van der Waals surface area contributed by atoms with Gasteiger partial charge in [0.15, 0.2) is 11.5 Å². The molecule has 0 aliphatic carbocycles. The van der Waals surface area contributed by atoms with Gasteiger partial charge in [0.1, 0.15) is 0 Å². The first-order chi connectivity index (χ1) is 13.9. The van der Waals surface area contributed by atoms with Crippen molar-refractivity contribution in [1.29, 1.82) is 0 Å². The van der Waals surface area contributed by atoms with Gasteiger partial charge in [-0.2, -0.15) is 4.52 Å². The van der Waals surface area contributed by atoms with Gasteiger partial charge in [0.05, 0.1) is 15.1 Å². The van der Waals surface area contributed by atoms with Crippen molar-refractivity contribution in [2.75, 3.05) is 18.0 Å². The van der Waals surface area contributed by atoms with Gasteiger partial charge in [-0.1, -0.05) is 31.2 Å². The van der Waals surface area contributed by atoms with Gasteiger partial charge < -0.3 is 4.90 Å². The third-order valence-electron chi connectivity index (χ3n) is 5.08. The number of hydrogen-bond acceptors (Lipinski definition) is 7. The van der Waals surface area contributed by atoms with E-state index in [1.165, 1.54) is 4.52 Å². The molecule has 0 bridgehead atoms. The summed E-state index contributed by atoms with van der Waals surface area (Å²) < 4.78 is 29.1. The van der Waals surface area contributed by atoms with Gasteiger partial charge in [-0.25, -0.2) is 13.4 Å². The van der Waals surface area contributed by atoms with Crippen LogP contribution in [0.1, 0.15) is 39.2 Å². The molecule has 0 aliphatic rings. The maximum absolute atomic E-state index is 13.3. The molecule has 7 nitrogen and oxygen atoms in total. The smallest absolute Gasteiger partial charge is 0.229 e. The summed E-state index contributed by atoms with van der Waals surface area (Å²) in [4.78, 5) is 7.02. The molecule has 0 spiro atoms. The fourth-order valence-corrected chi connectivity index (χ4v) is 5.49. The van der Waals surface area contributed by atoms with E-state index in [1.807, 2.05) is 23.6 Å². The standard InChI is InChI=1S/C20H23N5O2S2/c1-5-24(6-2)18-17-16(11-12-28-17)25-19(21-18)20(22-23-25)29(26,27)15-9-7-14(8-10-15)13(3)4/h7-13H,5-6H2,1-4H3. The minimum atomic E-state index is -3.84. The molecule has 0 saturated heterocycles. The topological polar surface area (TPSA) is 80.5 Å². The van der Waals surface area contributed by atoms with Gasteiger partial charge in [-0.05, 0) is 48.9 Å². The molecule has 9 heteroatoms. The van der Waals surface area contributed by atoms with Gasteiger partial charge in [0, 0.05) is 13.1 Å². The molecule has 0 atom stereocenters. The molecule has 0 saturated carbocycles. The molecule has 29 heavy (non-hydrogen) atoms. The molecule has 0 amide bonds. The van der Waals surface area contributed by atoms with Gasteiger partial charge in [-0.3, -0.25) is 0 Å². The molecule has 3 heterocycles. The number of benzene rings is 1. The Kier molecular flexibility index (Phi) is 5.04. The molecular formula is C20H23N5O2S2. The van der Waals surface area contributed by atoms with Gasteiger partial charge >= 0.3 is 0 Å². The third-order valence-corrected chi connectivity index (χ3v) is 7.64. The average molecular weight is 430 g/mol. The lowest BCUT2D eigenvalue weighted by atomic mass is 10.0. The van der Waals surface area contributed by atoms with Crippen LogP contribution >= 0.6 is 11.3 Å². The maximum atomic E-state index is 13.3. The number of nitrogens with zero attached hydrogens (tertiary/aromatic N) is 5. The lowest BCUT2D eigenvalue weighted by Gasteiger charge is -2.20. The largest absolute Gasteiger partial charge is 0.356 e. The number of rotatable bonds is 6. The second-order valence-electron chi connectivity index (χ2n) is 7.10. The van der Waals surface area contributed by atoms with E-state index in [-0.39, 0.29) is 15.6 Å². The average Bonchev–Trinajstić information content (AvgIpc) is 3.36. The number of anilines is 1. The molecule has 152 valence electrons. The Hall–Kier alpha value is -2.52. The summed E-state index contributed by atoms with van der Waals surface area (Å²) in [5, 5.41) is 10.00. The SMILES string of the molecule is CCN(CC)c1nc2c(S(=O)(=O)c3ccc(C(C)C)cc3)nnn2c2ccsc12. The Labute approximate surface area is 173 Å². The van der Waals surface area contributed by atoms with E-state index in [0.717, 1.165) is 34.7 Å². The first kappa shape index (κ1) is 19.8. The molecule has 0 unspecified atom stereocenters. The van der Waals surface area contributed by atoms with Crippen molar-refractivity contribution in [3.8, 4) is 0 Å². The third kappa shape index (κ3) is 3.18. The molecule has 4 rings (SSSR count). The second-order valence-corrected chi connectivity index (χ2v) is 9.88. The highest BCUT2D eigenvalue weighted by Crippen LogP contribution is 2.33. The van der Waals surface area contributed by atoms with Crippen molar-refractivity contribution in [2.24, 2.45) is 0 Å². The maximum Gasteiger partial charge on any atom is 0.229 e. The summed E-state index contributed by atoms with van der Waals surface area (Å²) in [6.07, 6.45) is 0. The van der Waals surface area contributed by atoms with Crippen LogP contribution in [-0.4, -0.2) is 41.3 Å². The zero-order valence-electron chi connectivity index (χ0n) is 16.8. The summed E-state index contributed by atoms with van der Waals surface area (Å²) in [6.45, 7) is 9.79. The zero-order valence-corrected chi connectivity index (χ0v) is 18.5. The summed E-state index contributed by atoms with van der Waals surface area (Å²) in [5.74, 6) is 1.09. The van der Waals surface area contributed by atoms with Gasteiger partial charge in [0.2, 0.25) is 14.9 Å². The predicted octanol–water partition coefficient (Wildman–Crippen LogP) is 4.14. The molecule has 0 radical (unpaired) electrons. The van der Waals surface area contributed by atoms with Crippen molar-refractivity contribution in [3.63, 3.8) is 0 Å². The predicted molar refractivity (Wildman–Crippen MR) is 116 cm³/mol. The molecule has 4 aromatic rings. The van der Waals surface area contributed by atoms with Crippen LogP contribution in [0.5, 0.6) is 0 Å². The lowest BCUT2D eigenvalue weighted by Crippen LogP contribution is -2.23. The Morgan fingerprint density at radius 2 is 1.79 bits per heavy atom. The number of aromatic nitrogens is 4. The number of hydrogen-bond donors (Lipinski definition) is 0. The summed E-state index contributed by atoms with van der Waals surface area (Å²) in [6, 6.07) is 8.86. The van der Waals surface area contributed by atoms with Crippen LogP contribution < -0.4 is 4.90 Å². The van der Waals surface area contributed by atoms with Gasteiger partial charge in [-0.15, -0.1) is 16.4 Å². The van der Waals surface area contributed by atoms with E-state index in [1.54, 1.807) is 23.5 Å². The summed E-state index contributed by atoms with van der Waals surface area (Å²) >= 11 is 1.56. The van der Waals surface area contributed by atoms with E-state index in [0.29, 0.717) is 5.92 Å². The highest BCUT2D eigenvalue weighted by atomic mass is 32.2. The van der Waals surface area contributed by atoms with Crippen LogP contribution in [0, 0.1) is 0 Å². The molecule has 0 aliphatic heterocycles. The van der Waals surface area contributed by atoms with Crippen LogP contribution in [0.2, 0.25) is 0 Å². The molecule has 1 aromatic carbocycles. The van der Waals surface area contributed by atoms with Crippen molar-refractivity contribution >= 4 is 42.9 Å². The second kappa shape index (κ2) is 7.38. The van der Waals surface area contributed by atoms with Crippen molar-refractivity contribution < 1.29 is 8.42 Å².